The number of hydrogen-bond donors (Lipinski definition) is 1. The molecule has 2 atom stereocenters. The molecule has 0 aliphatic carbocycles. The number of anilines is 2. The van der Waals surface area contributed by atoms with Gasteiger partial charge in [-0.15, -0.1) is 0 Å². The van der Waals surface area contributed by atoms with Crippen LogP contribution in [0, 0.1) is 6.92 Å². The maximum Gasteiger partial charge on any atom is 0.251 e. The number of rotatable bonds is 16. The van der Waals surface area contributed by atoms with Crippen molar-refractivity contribution >= 4 is 34.2 Å². The van der Waals surface area contributed by atoms with Gasteiger partial charge in [0.15, 0.2) is 0 Å². The van der Waals surface area contributed by atoms with Crippen molar-refractivity contribution in [2.45, 2.75) is 69.8 Å². The van der Waals surface area contributed by atoms with E-state index in [1.54, 1.807) is 6.33 Å². The van der Waals surface area contributed by atoms with E-state index in [0.29, 0.717) is 36.0 Å². The van der Waals surface area contributed by atoms with Crippen LogP contribution in [0.4, 0.5) is 11.4 Å². The van der Waals surface area contributed by atoms with E-state index in [4.69, 9.17) is 14.2 Å². The van der Waals surface area contributed by atoms with Crippen LogP contribution in [0.25, 0.3) is 17.2 Å². The summed E-state index contributed by atoms with van der Waals surface area (Å²) in [4.78, 5) is 23.7. The van der Waals surface area contributed by atoms with Crippen LogP contribution in [-0.4, -0.2) is 90.3 Å². The minimum Gasteiger partial charge on any atom is -0.491 e. The Morgan fingerprint density at radius 2 is 1.80 bits per heavy atom. The molecule has 3 aromatic carbocycles. The van der Waals surface area contributed by atoms with E-state index in [9.17, 15) is 9.00 Å². The van der Waals surface area contributed by atoms with E-state index >= 15 is 0 Å². The third kappa shape index (κ3) is 10.5. The van der Waals surface area contributed by atoms with E-state index in [-0.39, 0.29) is 12.0 Å². The highest BCUT2D eigenvalue weighted by atomic mass is 32.2. The van der Waals surface area contributed by atoms with E-state index in [1.807, 2.05) is 54.0 Å². The largest absolute Gasteiger partial charge is 0.491 e. The number of ether oxygens (including phenoxy) is 3. The molecule has 11 heteroatoms. The molecular formula is C43H55N5O5S. The molecule has 0 saturated carbocycles. The Labute approximate surface area is 323 Å². The molecule has 1 N–H and O–H groups in total. The molecule has 1 amide bonds. The third-order valence-corrected chi connectivity index (χ3v) is 11.4. The summed E-state index contributed by atoms with van der Waals surface area (Å²) in [5.74, 6) is 1.07. The highest BCUT2D eigenvalue weighted by molar-refractivity contribution is 7.84. The van der Waals surface area contributed by atoms with Gasteiger partial charge in [0.25, 0.3) is 5.91 Å². The number of aromatic nitrogens is 2. The minimum atomic E-state index is -1.23. The summed E-state index contributed by atoms with van der Waals surface area (Å²) in [6.45, 7) is 13.0. The Morgan fingerprint density at radius 1 is 1.00 bits per heavy atom. The number of aryl methyl sites for hydroxylation is 2. The smallest absolute Gasteiger partial charge is 0.251 e. The topological polar surface area (TPSA) is 98.2 Å². The van der Waals surface area contributed by atoms with Gasteiger partial charge in [0.1, 0.15) is 12.4 Å². The molecule has 1 aromatic heterocycles. The first-order chi connectivity index (χ1) is 26.3. The summed E-state index contributed by atoms with van der Waals surface area (Å²) in [5, 5.41) is 3.11. The van der Waals surface area contributed by atoms with Crippen LogP contribution in [0.5, 0.6) is 5.75 Å². The number of carbonyl (C=O) groups excluding carboxylic acids is 1. The molecule has 4 aromatic rings. The first-order valence-electron chi connectivity index (χ1n) is 19.3. The Balaban J connectivity index is 1.19. The van der Waals surface area contributed by atoms with Gasteiger partial charge in [-0.2, -0.15) is 0 Å². The standard InChI is InChI=1S/C43H55N5O5S/c1-5-7-22-51-24-25-53-38-15-10-33(11-16-38)34-12-19-41-36(26-34)27-35(9-8-20-48(41)29-39-28-46(4)21-23-52-39)43(49)45-37-13-17-40(18-14-37)54(50)30-42-32(3)44-31-47(42)6-2/h10-19,26-27,31,39H,5-9,20-25,28-30H2,1-4H3,(H,45,49)/b35-27+/t39?,54-/m1/s1. The number of morpholine rings is 1. The van der Waals surface area contributed by atoms with Crippen molar-refractivity contribution in [2.24, 2.45) is 0 Å². The summed E-state index contributed by atoms with van der Waals surface area (Å²) in [5.41, 5.74) is 7.50. The highest BCUT2D eigenvalue weighted by Gasteiger charge is 2.24. The van der Waals surface area contributed by atoms with Gasteiger partial charge >= 0.3 is 0 Å². The highest BCUT2D eigenvalue weighted by Crippen LogP contribution is 2.33. The zero-order valence-electron chi connectivity index (χ0n) is 32.2. The molecule has 288 valence electrons. The number of likely N-dealkylation sites (N-methyl/N-ethyl adjacent to an activating group) is 1. The quantitative estimate of drug-likeness (QED) is 0.119. The number of imidazole rings is 1. The van der Waals surface area contributed by atoms with Crippen LogP contribution < -0.4 is 15.0 Å². The molecule has 1 saturated heterocycles. The van der Waals surface area contributed by atoms with Gasteiger partial charge in [-0.05, 0) is 111 Å². The fourth-order valence-corrected chi connectivity index (χ4v) is 8.19. The summed E-state index contributed by atoms with van der Waals surface area (Å²) in [6, 6.07) is 22.0. The lowest BCUT2D eigenvalue weighted by molar-refractivity contribution is -0.112. The van der Waals surface area contributed by atoms with Crippen LogP contribution in [0.15, 0.2) is 83.5 Å². The average Bonchev–Trinajstić information content (AvgIpc) is 3.53. The zero-order chi connectivity index (χ0) is 37.9. The fraction of sp³-hybridized carbons (Fsp3) is 0.442. The average molecular weight is 754 g/mol. The first-order valence-corrected chi connectivity index (χ1v) is 20.6. The van der Waals surface area contributed by atoms with Crippen LogP contribution in [-0.2, 0) is 37.4 Å². The van der Waals surface area contributed by atoms with Crippen molar-refractivity contribution in [1.82, 2.24) is 14.5 Å². The van der Waals surface area contributed by atoms with E-state index in [1.165, 1.54) is 0 Å². The van der Waals surface area contributed by atoms with Crippen LogP contribution in [0.3, 0.4) is 0 Å². The monoisotopic (exact) mass is 753 g/mol. The second-order valence-electron chi connectivity index (χ2n) is 14.1. The Morgan fingerprint density at radius 3 is 2.56 bits per heavy atom. The number of nitrogens with one attached hydrogen (secondary N) is 1. The zero-order valence-corrected chi connectivity index (χ0v) is 33.0. The summed E-state index contributed by atoms with van der Waals surface area (Å²) < 4.78 is 33.0. The fourth-order valence-electron chi connectivity index (χ4n) is 6.96. The summed E-state index contributed by atoms with van der Waals surface area (Å²) in [7, 11) is 0.911. The lowest BCUT2D eigenvalue weighted by Crippen LogP contribution is -2.46. The van der Waals surface area contributed by atoms with Gasteiger partial charge < -0.3 is 33.9 Å². The SMILES string of the molecule is CCCCOCCOc1ccc(-c2ccc3c(c2)/C=C(/C(=O)Nc2ccc([S@](=O)Cc4c(C)ncn4CC)cc2)CCCN3CC2CN(C)CCO2)cc1. The first kappa shape index (κ1) is 39.4. The summed E-state index contributed by atoms with van der Waals surface area (Å²) in [6.07, 6.45) is 7.61. The number of fused-ring (bicyclic) bond motifs is 1. The molecule has 54 heavy (non-hydrogen) atoms. The lowest BCUT2D eigenvalue weighted by atomic mass is 9.96. The minimum absolute atomic E-state index is 0.113. The van der Waals surface area contributed by atoms with Gasteiger partial charge in [0.2, 0.25) is 0 Å². The van der Waals surface area contributed by atoms with E-state index < -0.39 is 10.8 Å². The van der Waals surface area contributed by atoms with Gasteiger partial charge in [-0.25, -0.2) is 4.98 Å². The molecule has 0 bridgehead atoms. The maximum absolute atomic E-state index is 13.9. The Bertz CT molecular complexity index is 1890. The van der Waals surface area contributed by atoms with Gasteiger partial charge in [-0.3, -0.25) is 9.00 Å². The van der Waals surface area contributed by atoms with Gasteiger partial charge in [0, 0.05) is 61.2 Å². The van der Waals surface area contributed by atoms with Crippen LogP contribution >= 0.6 is 0 Å². The van der Waals surface area contributed by atoms with Gasteiger partial charge in [-0.1, -0.05) is 31.5 Å². The molecule has 0 spiro atoms. The molecular weight excluding hydrogens is 699 g/mol. The predicted octanol–water partition coefficient (Wildman–Crippen LogP) is 7.33. The number of unbranched alkanes of at least 4 members (excludes halogenated alkanes) is 1. The summed E-state index contributed by atoms with van der Waals surface area (Å²) >= 11 is 0. The lowest BCUT2D eigenvalue weighted by Gasteiger charge is -2.36. The molecule has 0 radical (unpaired) electrons. The van der Waals surface area contributed by atoms with E-state index in [2.05, 4.69) is 71.3 Å². The Kier molecular flexibility index (Phi) is 14.1. The molecule has 6 rings (SSSR count). The van der Waals surface area contributed by atoms with Crippen molar-refractivity contribution in [3.8, 4) is 16.9 Å². The maximum atomic E-state index is 13.9. The number of hydrogen-bond acceptors (Lipinski definition) is 8. The molecule has 1 unspecified atom stereocenters. The number of carbonyl (C=O) groups is 1. The molecule has 2 aliphatic heterocycles. The van der Waals surface area contributed by atoms with Gasteiger partial charge in [0.05, 0.1) is 53.6 Å². The van der Waals surface area contributed by atoms with Crippen molar-refractivity contribution in [2.75, 3.05) is 69.9 Å². The Hall–Kier alpha value is -4.29. The third-order valence-electron chi connectivity index (χ3n) is 10.1. The number of amides is 1. The number of benzene rings is 3. The molecule has 2 aliphatic rings. The van der Waals surface area contributed by atoms with Crippen molar-refractivity contribution in [3.05, 3.63) is 95.6 Å². The normalized spacial score (nSPS) is 17.9. The van der Waals surface area contributed by atoms with Crippen molar-refractivity contribution < 1.29 is 23.2 Å². The predicted molar refractivity (Wildman–Crippen MR) is 218 cm³/mol. The second kappa shape index (κ2) is 19.3. The second-order valence-corrected chi connectivity index (χ2v) is 15.6. The number of nitrogens with zero attached hydrogens (tertiary/aromatic N) is 4. The molecule has 1 fully saturated rings. The van der Waals surface area contributed by atoms with Crippen molar-refractivity contribution in [1.29, 1.82) is 0 Å². The molecule has 3 heterocycles. The van der Waals surface area contributed by atoms with Crippen LogP contribution in [0.2, 0.25) is 0 Å². The van der Waals surface area contributed by atoms with E-state index in [0.717, 1.165) is 110 Å². The van der Waals surface area contributed by atoms with Crippen molar-refractivity contribution in [3.63, 3.8) is 0 Å². The molecule has 10 nitrogen and oxygen atoms in total. The van der Waals surface area contributed by atoms with Crippen LogP contribution in [0.1, 0.15) is 56.5 Å².